The monoisotopic (exact) mass is 314 g/mol. The van der Waals surface area contributed by atoms with Crippen LogP contribution in [0.3, 0.4) is 0 Å². The summed E-state index contributed by atoms with van der Waals surface area (Å²) in [7, 11) is 0. The molecule has 1 aliphatic carbocycles. The number of hydrogen-bond donors (Lipinski definition) is 0. The highest BCUT2D eigenvalue weighted by Crippen LogP contribution is 2.27. The second-order valence-corrected chi connectivity index (χ2v) is 6.58. The summed E-state index contributed by atoms with van der Waals surface area (Å²) in [6.45, 7) is 3.80. The molecule has 1 fully saturated rings. The lowest BCUT2D eigenvalue weighted by atomic mass is 10.1. The lowest BCUT2D eigenvalue weighted by Gasteiger charge is -2.33. The summed E-state index contributed by atoms with van der Waals surface area (Å²) in [5, 5.41) is 0. The number of benzene rings is 1. The van der Waals surface area contributed by atoms with Crippen molar-refractivity contribution in [1.29, 1.82) is 0 Å². The van der Waals surface area contributed by atoms with E-state index in [-0.39, 0.29) is 36.3 Å². The van der Waals surface area contributed by atoms with Crippen LogP contribution in [-0.4, -0.2) is 46.1 Å². The number of nitrogens with zero attached hydrogens (tertiary/aromatic N) is 2. The van der Waals surface area contributed by atoms with Crippen LogP contribution in [0.15, 0.2) is 24.3 Å². The number of carbonyl (C=O) groups is 3. The predicted molar refractivity (Wildman–Crippen MR) is 86.0 cm³/mol. The first kappa shape index (κ1) is 15.7. The van der Waals surface area contributed by atoms with E-state index in [4.69, 9.17) is 0 Å². The largest absolute Gasteiger partial charge is 0.336 e. The van der Waals surface area contributed by atoms with Crippen molar-refractivity contribution in [3.05, 3.63) is 35.4 Å². The van der Waals surface area contributed by atoms with Crippen molar-refractivity contribution in [2.75, 3.05) is 6.54 Å². The van der Waals surface area contributed by atoms with Crippen molar-refractivity contribution in [2.24, 2.45) is 0 Å². The smallest absolute Gasteiger partial charge is 0.262 e. The van der Waals surface area contributed by atoms with Gasteiger partial charge in [0.05, 0.1) is 11.1 Å². The summed E-state index contributed by atoms with van der Waals surface area (Å²) in [5.41, 5.74) is 0.782. The first-order valence-electron chi connectivity index (χ1n) is 8.27. The van der Waals surface area contributed by atoms with E-state index in [1.807, 2.05) is 18.7 Å². The Kier molecular flexibility index (Phi) is 4.20. The molecular formula is C18H22N2O3. The Morgan fingerprint density at radius 3 is 2.13 bits per heavy atom. The molecule has 0 unspecified atom stereocenters. The molecule has 23 heavy (non-hydrogen) atoms. The third-order valence-corrected chi connectivity index (χ3v) is 4.73. The van der Waals surface area contributed by atoms with E-state index in [2.05, 4.69) is 0 Å². The Balaban J connectivity index is 1.77. The van der Waals surface area contributed by atoms with Crippen molar-refractivity contribution in [1.82, 2.24) is 9.80 Å². The minimum absolute atomic E-state index is 0.0702. The molecule has 0 saturated heterocycles. The molecule has 3 rings (SSSR count). The Bertz CT molecular complexity index is 612. The molecular weight excluding hydrogens is 292 g/mol. The standard InChI is InChI=1S/C18H22N2O3/c1-12(2)20(13-7-3-4-8-13)16(21)11-19-17(22)14-9-5-6-10-15(14)18(19)23/h5-6,9-10,12-13H,3-4,7-8,11H2,1-2H3. The van der Waals surface area contributed by atoms with Gasteiger partial charge >= 0.3 is 0 Å². The van der Waals surface area contributed by atoms with Crippen LogP contribution >= 0.6 is 0 Å². The topological polar surface area (TPSA) is 57.7 Å². The minimum Gasteiger partial charge on any atom is -0.336 e. The molecule has 1 aromatic rings. The van der Waals surface area contributed by atoms with Gasteiger partial charge in [-0.05, 0) is 38.8 Å². The zero-order valence-electron chi connectivity index (χ0n) is 13.6. The van der Waals surface area contributed by atoms with Gasteiger partial charge in [0.1, 0.15) is 6.54 Å². The third kappa shape index (κ3) is 2.76. The molecule has 5 heteroatoms. The molecule has 122 valence electrons. The lowest BCUT2D eigenvalue weighted by Crippen LogP contribution is -2.49. The van der Waals surface area contributed by atoms with Crippen LogP contribution in [-0.2, 0) is 4.79 Å². The number of imide groups is 1. The van der Waals surface area contributed by atoms with E-state index in [1.54, 1.807) is 24.3 Å². The average Bonchev–Trinajstić information content (AvgIpc) is 3.11. The van der Waals surface area contributed by atoms with Crippen LogP contribution in [0.25, 0.3) is 0 Å². The number of hydrogen-bond acceptors (Lipinski definition) is 3. The SMILES string of the molecule is CC(C)N(C(=O)CN1C(=O)c2ccccc2C1=O)C1CCCC1. The molecule has 3 amide bonds. The van der Waals surface area contributed by atoms with Gasteiger partial charge in [0.15, 0.2) is 0 Å². The Morgan fingerprint density at radius 1 is 1.13 bits per heavy atom. The molecule has 1 saturated carbocycles. The van der Waals surface area contributed by atoms with Gasteiger partial charge in [0.2, 0.25) is 5.91 Å². The van der Waals surface area contributed by atoms with Crippen LogP contribution < -0.4 is 0 Å². The van der Waals surface area contributed by atoms with Crippen molar-refractivity contribution in [3.63, 3.8) is 0 Å². The molecule has 0 N–H and O–H groups in total. The minimum atomic E-state index is -0.367. The van der Waals surface area contributed by atoms with Crippen LogP contribution in [0.4, 0.5) is 0 Å². The normalized spacial score (nSPS) is 18.0. The molecule has 2 aliphatic rings. The van der Waals surface area contributed by atoms with Gasteiger partial charge in [0, 0.05) is 12.1 Å². The number of amides is 3. The highest BCUT2D eigenvalue weighted by atomic mass is 16.2. The van der Waals surface area contributed by atoms with Gasteiger partial charge in [-0.25, -0.2) is 0 Å². The van der Waals surface area contributed by atoms with Gasteiger partial charge < -0.3 is 4.90 Å². The second kappa shape index (κ2) is 6.14. The maximum atomic E-state index is 12.7. The summed E-state index contributed by atoms with van der Waals surface area (Å²) in [6, 6.07) is 7.04. The molecule has 1 aliphatic heterocycles. The summed E-state index contributed by atoms with van der Waals surface area (Å²) < 4.78 is 0. The van der Waals surface area contributed by atoms with Crippen LogP contribution in [0.5, 0.6) is 0 Å². The fourth-order valence-electron chi connectivity index (χ4n) is 3.70. The molecule has 5 nitrogen and oxygen atoms in total. The van der Waals surface area contributed by atoms with Crippen molar-refractivity contribution >= 4 is 17.7 Å². The van der Waals surface area contributed by atoms with Crippen molar-refractivity contribution in [2.45, 2.75) is 51.6 Å². The number of carbonyl (C=O) groups excluding carboxylic acids is 3. The maximum Gasteiger partial charge on any atom is 0.262 e. The lowest BCUT2D eigenvalue weighted by molar-refractivity contribution is -0.135. The zero-order chi connectivity index (χ0) is 16.6. The third-order valence-electron chi connectivity index (χ3n) is 4.73. The van der Waals surface area contributed by atoms with Crippen LogP contribution in [0.1, 0.15) is 60.2 Å². The Morgan fingerprint density at radius 2 is 1.65 bits per heavy atom. The highest BCUT2D eigenvalue weighted by Gasteiger charge is 2.38. The summed E-state index contributed by atoms with van der Waals surface area (Å²) in [4.78, 5) is 40.5. The van der Waals surface area contributed by atoms with Gasteiger partial charge in [-0.1, -0.05) is 25.0 Å². The number of fused-ring (bicyclic) bond motifs is 1. The maximum absolute atomic E-state index is 12.7. The fourth-order valence-corrected chi connectivity index (χ4v) is 3.70. The van der Waals surface area contributed by atoms with Crippen molar-refractivity contribution in [3.8, 4) is 0 Å². The highest BCUT2D eigenvalue weighted by molar-refractivity contribution is 6.22. The van der Waals surface area contributed by atoms with Gasteiger partial charge in [0.25, 0.3) is 11.8 Å². The van der Waals surface area contributed by atoms with Crippen LogP contribution in [0, 0.1) is 0 Å². The number of rotatable bonds is 4. The zero-order valence-corrected chi connectivity index (χ0v) is 13.6. The van der Waals surface area contributed by atoms with E-state index in [0.717, 1.165) is 30.6 Å². The van der Waals surface area contributed by atoms with E-state index >= 15 is 0 Å². The quantitative estimate of drug-likeness (QED) is 0.802. The molecule has 0 bridgehead atoms. The van der Waals surface area contributed by atoms with Gasteiger partial charge in [-0.3, -0.25) is 19.3 Å². The Hall–Kier alpha value is -2.17. The molecule has 0 aromatic heterocycles. The molecule has 0 radical (unpaired) electrons. The van der Waals surface area contributed by atoms with E-state index in [9.17, 15) is 14.4 Å². The predicted octanol–water partition coefficient (Wildman–Crippen LogP) is 2.46. The summed E-state index contributed by atoms with van der Waals surface area (Å²) >= 11 is 0. The van der Waals surface area contributed by atoms with Gasteiger partial charge in [-0.2, -0.15) is 0 Å². The van der Waals surface area contributed by atoms with E-state index in [1.165, 1.54) is 0 Å². The summed E-state index contributed by atoms with van der Waals surface area (Å²) in [5.74, 6) is -0.871. The summed E-state index contributed by atoms with van der Waals surface area (Å²) in [6.07, 6.45) is 4.28. The van der Waals surface area contributed by atoms with Gasteiger partial charge in [-0.15, -0.1) is 0 Å². The van der Waals surface area contributed by atoms with E-state index < -0.39 is 0 Å². The first-order valence-corrected chi connectivity index (χ1v) is 8.27. The molecule has 0 spiro atoms. The fraction of sp³-hybridized carbons (Fsp3) is 0.500. The second-order valence-electron chi connectivity index (χ2n) is 6.58. The first-order chi connectivity index (χ1) is 11.0. The molecule has 0 atom stereocenters. The van der Waals surface area contributed by atoms with Crippen LogP contribution in [0.2, 0.25) is 0 Å². The average molecular weight is 314 g/mol. The Labute approximate surface area is 136 Å². The molecule has 1 heterocycles. The molecule has 1 aromatic carbocycles. The van der Waals surface area contributed by atoms with E-state index in [0.29, 0.717) is 11.1 Å². The van der Waals surface area contributed by atoms with Crippen molar-refractivity contribution < 1.29 is 14.4 Å².